The topological polar surface area (TPSA) is 50.9 Å². The molecule has 0 radical (unpaired) electrons. The number of nitrogen functional groups attached to an aromatic ring is 1. The number of hydrogen-bond acceptors (Lipinski definition) is 3. The number of halogens is 3. The van der Waals surface area contributed by atoms with Crippen molar-refractivity contribution >= 4 is 55.6 Å². The van der Waals surface area contributed by atoms with Gasteiger partial charge in [-0.2, -0.15) is 0 Å². The predicted octanol–water partition coefficient (Wildman–Crippen LogP) is 2.29. The fraction of sp³-hybridized carbons (Fsp3) is 0. The first kappa shape index (κ1) is 13.9. The molecular weight excluding hydrogens is 342 g/mol. The quantitative estimate of drug-likeness (QED) is 0.464. The molecule has 1 rings (SSSR count). The number of hydrazine groups is 1. The fourth-order valence-corrected chi connectivity index (χ4v) is 0.696. The third-order valence-corrected chi connectivity index (χ3v) is 1.36. The molecule has 0 aliphatic rings. The summed E-state index contributed by atoms with van der Waals surface area (Å²) in [6.07, 6.45) is 1.64. The average molecular weight is 350 g/mol. The van der Waals surface area contributed by atoms with Crippen LogP contribution in [0.25, 0.3) is 0 Å². The highest BCUT2D eigenvalue weighted by atomic mass is 79.9. The van der Waals surface area contributed by atoms with Crippen LogP contribution in [0.2, 0.25) is 0 Å². The molecule has 0 aliphatic carbocycles. The molecule has 0 aromatic carbocycles. The summed E-state index contributed by atoms with van der Waals surface area (Å²) in [7, 11) is 0. The Balaban J connectivity index is 0. The molecule has 0 saturated carbocycles. The Hall–Kier alpha value is 0.350. The van der Waals surface area contributed by atoms with E-state index in [0.29, 0.717) is 0 Å². The first-order chi connectivity index (χ1) is 4.33. The van der Waals surface area contributed by atoms with Gasteiger partial charge in [0.1, 0.15) is 4.60 Å². The second-order valence-corrected chi connectivity index (χ2v) is 2.33. The van der Waals surface area contributed by atoms with Crippen LogP contribution in [0, 0.1) is 0 Å². The molecule has 0 unspecified atom stereocenters. The van der Waals surface area contributed by atoms with Crippen molar-refractivity contribution < 1.29 is 0 Å². The summed E-state index contributed by atoms with van der Waals surface area (Å²) in [6, 6.07) is 3.65. The lowest BCUT2D eigenvalue weighted by atomic mass is 10.4. The van der Waals surface area contributed by atoms with Crippen LogP contribution in [0.5, 0.6) is 0 Å². The Morgan fingerprint density at radius 3 is 2.36 bits per heavy atom. The van der Waals surface area contributed by atoms with Crippen molar-refractivity contribution in [1.29, 1.82) is 0 Å². The summed E-state index contributed by atoms with van der Waals surface area (Å²) in [5.74, 6) is 5.09. The van der Waals surface area contributed by atoms with Gasteiger partial charge in [0, 0.05) is 0 Å². The average Bonchev–Trinajstić information content (AvgIpc) is 1.90. The second-order valence-electron chi connectivity index (χ2n) is 1.51. The molecule has 0 atom stereocenters. The van der Waals surface area contributed by atoms with E-state index in [0.717, 1.165) is 10.3 Å². The fourth-order valence-electron chi connectivity index (χ4n) is 0.461. The summed E-state index contributed by atoms with van der Waals surface area (Å²) in [4.78, 5) is 3.92. The molecule has 1 aromatic rings. The van der Waals surface area contributed by atoms with Crippen LogP contribution >= 0.6 is 49.9 Å². The largest absolute Gasteiger partial charge is 0.323 e. The molecule has 1 heterocycles. The Morgan fingerprint density at radius 1 is 1.36 bits per heavy atom. The van der Waals surface area contributed by atoms with Crippen LogP contribution in [0.1, 0.15) is 0 Å². The Labute approximate surface area is 94.4 Å². The smallest absolute Gasteiger partial charge is 0.106 e. The molecule has 11 heavy (non-hydrogen) atoms. The van der Waals surface area contributed by atoms with E-state index >= 15 is 0 Å². The minimum Gasteiger partial charge on any atom is -0.323 e. The number of aromatic nitrogens is 1. The monoisotopic (exact) mass is 347 g/mol. The van der Waals surface area contributed by atoms with Crippen LogP contribution in [0.3, 0.4) is 0 Å². The Morgan fingerprint density at radius 2 is 2.00 bits per heavy atom. The molecule has 0 saturated heterocycles. The van der Waals surface area contributed by atoms with Crippen LogP contribution in [-0.2, 0) is 0 Å². The number of pyridine rings is 1. The second kappa shape index (κ2) is 7.02. The highest BCUT2D eigenvalue weighted by molar-refractivity contribution is 9.10. The zero-order valence-corrected chi connectivity index (χ0v) is 10.5. The van der Waals surface area contributed by atoms with Gasteiger partial charge >= 0.3 is 0 Å². The van der Waals surface area contributed by atoms with Gasteiger partial charge < -0.3 is 5.43 Å². The number of nitrogens with two attached hydrogens (primary N) is 1. The van der Waals surface area contributed by atoms with E-state index < -0.39 is 0 Å². The van der Waals surface area contributed by atoms with Crippen molar-refractivity contribution in [3.63, 3.8) is 0 Å². The SMILES string of the molecule is Br.Br.NNc1ccc(Br)nc1. The van der Waals surface area contributed by atoms with Crippen molar-refractivity contribution in [2.75, 3.05) is 5.43 Å². The normalized spacial score (nSPS) is 7.45. The van der Waals surface area contributed by atoms with Gasteiger partial charge in [0.2, 0.25) is 0 Å². The van der Waals surface area contributed by atoms with Crippen LogP contribution in [-0.4, -0.2) is 4.98 Å². The zero-order chi connectivity index (χ0) is 6.69. The van der Waals surface area contributed by atoms with Gasteiger partial charge in [0.05, 0.1) is 11.9 Å². The molecule has 0 amide bonds. The molecule has 0 bridgehead atoms. The van der Waals surface area contributed by atoms with E-state index in [1.54, 1.807) is 6.20 Å². The molecule has 3 nitrogen and oxygen atoms in total. The van der Waals surface area contributed by atoms with Gasteiger partial charge in [-0.15, -0.1) is 34.0 Å². The lowest BCUT2D eigenvalue weighted by Gasteiger charge is -1.95. The van der Waals surface area contributed by atoms with E-state index in [1.165, 1.54) is 0 Å². The minimum atomic E-state index is 0. The van der Waals surface area contributed by atoms with Crippen LogP contribution in [0.15, 0.2) is 22.9 Å². The molecule has 0 aliphatic heterocycles. The highest BCUT2D eigenvalue weighted by Crippen LogP contribution is 2.08. The van der Waals surface area contributed by atoms with Crippen molar-refractivity contribution in [2.45, 2.75) is 0 Å². The summed E-state index contributed by atoms with van der Waals surface area (Å²) in [6.45, 7) is 0. The lowest BCUT2D eigenvalue weighted by Crippen LogP contribution is -2.06. The maximum absolute atomic E-state index is 5.09. The van der Waals surface area contributed by atoms with Crippen molar-refractivity contribution in [1.82, 2.24) is 4.98 Å². The summed E-state index contributed by atoms with van der Waals surface area (Å²) < 4.78 is 0.807. The molecule has 0 spiro atoms. The van der Waals surface area contributed by atoms with E-state index in [1.807, 2.05) is 12.1 Å². The van der Waals surface area contributed by atoms with Gasteiger partial charge in [-0.05, 0) is 28.1 Å². The van der Waals surface area contributed by atoms with Crippen molar-refractivity contribution in [3.05, 3.63) is 22.9 Å². The molecule has 0 fully saturated rings. The van der Waals surface area contributed by atoms with Crippen molar-refractivity contribution in [3.8, 4) is 0 Å². The standard InChI is InChI=1S/C5H6BrN3.2BrH/c6-5-2-1-4(9-7)3-8-5;;/h1-3,9H,7H2;2*1H. The Bertz CT molecular complexity index is 189. The molecular formula is C5H8Br3N3. The predicted molar refractivity (Wildman–Crippen MR) is 60.4 cm³/mol. The molecule has 64 valence electrons. The van der Waals surface area contributed by atoms with Crippen molar-refractivity contribution in [2.24, 2.45) is 5.84 Å². The maximum Gasteiger partial charge on any atom is 0.106 e. The molecule has 1 aromatic heterocycles. The minimum absolute atomic E-state index is 0. The van der Waals surface area contributed by atoms with E-state index in [4.69, 9.17) is 5.84 Å². The van der Waals surface area contributed by atoms with Crippen LogP contribution in [0.4, 0.5) is 5.69 Å². The van der Waals surface area contributed by atoms with Gasteiger partial charge in [0.25, 0.3) is 0 Å². The van der Waals surface area contributed by atoms with E-state index in [9.17, 15) is 0 Å². The van der Waals surface area contributed by atoms with Gasteiger partial charge in [-0.25, -0.2) is 4.98 Å². The van der Waals surface area contributed by atoms with E-state index in [-0.39, 0.29) is 34.0 Å². The number of nitrogens with zero attached hydrogens (tertiary/aromatic N) is 1. The number of rotatable bonds is 1. The third kappa shape index (κ3) is 4.73. The molecule has 3 N–H and O–H groups in total. The molecule has 6 heteroatoms. The number of hydrogen-bond donors (Lipinski definition) is 2. The Kier molecular flexibility index (Phi) is 8.88. The number of nitrogens with one attached hydrogen (secondary N) is 1. The van der Waals surface area contributed by atoms with Crippen LogP contribution < -0.4 is 11.3 Å². The highest BCUT2D eigenvalue weighted by Gasteiger charge is 1.86. The third-order valence-electron chi connectivity index (χ3n) is 0.894. The first-order valence-electron chi connectivity index (χ1n) is 2.41. The van der Waals surface area contributed by atoms with Gasteiger partial charge in [-0.3, -0.25) is 5.84 Å². The lowest BCUT2D eigenvalue weighted by molar-refractivity contribution is 1.24. The van der Waals surface area contributed by atoms with Gasteiger partial charge in [-0.1, -0.05) is 0 Å². The number of anilines is 1. The van der Waals surface area contributed by atoms with E-state index in [2.05, 4.69) is 26.3 Å². The first-order valence-corrected chi connectivity index (χ1v) is 3.20. The summed E-state index contributed by atoms with van der Waals surface area (Å²) in [5.41, 5.74) is 3.27. The maximum atomic E-state index is 5.09. The zero-order valence-electron chi connectivity index (χ0n) is 5.45. The van der Waals surface area contributed by atoms with Gasteiger partial charge in [0.15, 0.2) is 0 Å². The summed E-state index contributed by atoms with van der Waals surface area (Å²) in [5, 5.41) is 0. The summed E-state index contributed by atoms with van der Waals surface area (Å²) >= 11 is 3.19.